The Balaban J connectivity index is 1.11. The van der Waals surface area contributed by atoms with Gasteiger partial charge in [0.25, 0.3) is 5.91 Å². The van der Waals surface area contributed by atoms with E-state index in [0.717, 1.165) is 57.4 Å². The zero-order valence-electron chi connectivity index (χ0n) is 24.4. The molecular weight excluding hydrogens is 542 g/mol. The second kappa shape index (κ2) is 13.0. The molecule has 1 aromatic heterocycles. The van der Waals surface area contributed by atoms with Gasteiger partial charge >= 0.3 is 0 Å². The Kier molecular flexibility index (Phi) is 9.42. The summed E-state index contributed by atoms with van der Waals surface area (Å²) in [6, 6.07) is 10.8. The highest BCUT2D eigenvalue weighted by Crippen LogP contribution is 2.25. The first-order valence-corrected chi connectivity index (χ1v) is 16.5. The van der Waals surface area contributed by atoms with E-state index in [2.05, 4.69) is 49.4 Å². The lowest BCUT2D eigenvalue weighted by Gasteiger charge is -2.43. The Morgan fingerprint density at radius 3 is 2.44 bits per heavy atom. The van der Waals surface area contributed by atoms with Gasteiger partial charge in [-0.05, 0) is 57.8 Å². The zero-order valence-corrected chi connectivity index (χ0v) is 25.2. The van der Waals surface area contributed by atoms with Gasteiger partial charge in [0.05, 0.1) is 19.0 Å². The maximum Gasteiger partial charge on any atom is 0.272 e. The number of amides is 1. The van der Waals surface area contributed by atoms with E-state index in [1.165, 1.54) is 22.6 Å². The quantitative estimate of drug-likeness (QED) is 0.498. The molecule has 1 amide bonds. The summed E-state index contributed by atoms with van der Waals surface area (Å²) in [4.78, 5) is 29.0. The molecule has 1 aromatic carbocycles. The molecule has 11 nitrogen and oxygen atoms in total. The monoisotopic (exact) mass is 585 g/mol. The number of carbonyl (C=O) groups excluding carboxylic acids is 1. The van der Waals surface area contributed by atoms with E-state index in [1.807, 2.05) is 17.9 Å². The van der Waals surface area contributed by atoms with Gasteiger partial charge in [0.2, 0.25) is 10.0 Å². The number of morpholine rings is 1. The number of nitrogens with zero attached hydrogens (tertiary/aromatic N) is 6. The molecule has 41 heavy (non-hydrogen) atoms. The largest absolute Gasteiger partial charge is 0.373 e. The Labute approximate surface area is 243 Å². The lowest BCUT2D eigenvalue weighted by atomic mass is 9.97. The molecule has 3 aliphatic rings. The highest BCUT2D eigenvalue weighted by Gasteiger charge is 2.33. The van der Waals surface area contributed by atoms with Crippen molar-refractivity contribution in [2.24, 2.45) is 0 Å². The van der Waals surface area contributed by atoms with Gasteiger partial charge in [-0.2, -0.15) is 0 Å². The van der Waals surface area contributed by atoms with E-state index in [1.54, 1.807) is 7.05 Å². The van der Waals surface area contributed by atoms with Crippen molar-refractivity contribution in [1.82, 2.24) is 24.1 Å². The maximum absolute atomic E-state index is 13.5. The number of hydrogen-bond acceptors (Lipinski definition) is 9. The minimum atomic E-state index is -3.17. The molecule has 3 saturated heterocycles. The molecule has 0 saturated carbocycles. The highest BCUT2D eigenvalue weighted by molar-refractivity contribution is 7.88. The Morgan fingerprint density at radius 1 is 1.05 bits per heavy atom. The van der Waals surface area contributed by atoms with Gasteiger partial charge in [-0.3, -0.25) is 4.79 Å². The maximum atomic E-state index is 13.5. The van der Waals surface area contributed by atoms with E-state index in [-0.39, 0.29) is 18.1 Å². The predicted molar refractivity (Wildman–Crippen MR) is 160 cm³/mol. The van der Waals surface area contributed by atoms with Crippen molar-refractivity contribution in [1.29, 1.82) is 0 Å². The Morgan fingerprint density at radius 2 is 1.76 bits per heavy atom. The minimum absolute atomic E-state index is 0.00772. The number of para-hydroxylation sites is 1. The van der Waals surface area contributed by atoms with Crippen LogP contribution in [0.5, 0.6) is 0 Å². The molecule has 1 unspecified atom stereocenters. The summed E-state index contributed by atoms with van der Waals surface area (Å²) in [6.45, 7) is 7.95. The summed E-state index contributed by atoms with van der Waals surface area (Å²) >= 11 is 0. The third-order valence-corrected chi connectivity index (χ3v) is 10.2. The van der Waals surface area contributed by atoms with E-state index in [0.29, 0.717) is 43.8 Å². The number of nitrogens with one attached hydrogen (secondary N) is 1. The lowest BCUT2D eigenvalue weighted by Crippen LogP contribution is -2.52. The summed E-state index contributed by atoms with van der Waals surface area (Å²) in [5.74, 6) is 0.615. The Bertz CT molecular complexity index is 1280. The summed E-state index contributed by atoms with van der Waals surface area (Å²) in [7, 11) is -1.49. The van der Waals surface area contributed by atoms with E-state index >= 15 is 0 Å². The lowest BCUT2D eigenvalue weighted by molar-refractivity contribution is 0.0492. The first-order valence-electron chi connectivity index (χ1n) is 14.6. The summed E-state index contributed by atoms with van der Waals surface area (Å²) in [5.41, 5.74) is 2.40. The van der Waals surface area contributed by atoms with Crippen molar-refractivity contribution in [2.75, 3.05) is 75.9 Å². The van der Waals surface area contributed by atoms with Crippen molar-refractivity contribution in [3.63, 3.8) is 0 Å². The van der Waals surface area contributed by atoms with Gasteiger partial charge in [0, 0.05) is 63.1 Å². The number of rotatable bonds is 8. The number of carbonyl (C=O) groups is 1. The van der Waals surface area contributed by atoms with Crippen molar-refractivity contribution in [2.45, 2.75) is 50.8 Å². The van der Waals surface area contributed by atoms with Crippen molar-refractivity contribution in [3.05, 3.63) is 47.9 Å². The summed E-state index contributed by atoms with van der Waals surface area (Å²) in [6.07, 6.45) is 6.24. The molecule has 224 valence electrons. The average molecular weight is 586 g/mol. The minimum Gasteiger partial charge on any atom is -0.373 e. The molecule has 3 fully saturated rings. The van der Waals surface area contributed by atoms with Crippen LogP contribution in [0.15, 0.2) is 36.7 Å². The third-order valence-electron chi connectivity index (χ3n) is 8.85. The van der Waals surface area contributed by atoms with E-state index < -0.39 is 10.0 Å². The summed E-state index contributed by atoms with van der Waals surface area (Å²) < 4.78 is 31.3. The fourth-order valence-electron chi connectivity index (χ4n) is 6.24. The second-order valence-electron chi connectivity index (χ2n) is 11.4. The van der Waals surface area contributed by atoms with Gasteiger partial charge < -0.3 is 24.8 Å². The molecule has 4 heterocycles. The predicted octanol–water partition coefficient (Wildman–Crippen LogP) is 2.06. The van der Waals surface area contributed by atoms with Gasteiger partial charge in [-0.25, -0.2) is 22.7 Å². The summed E-state index contributed by atoms with van der Waals surface area (Å²) in [5, 5.41) is 3.40. The van der Waals surface area contributed by atoms with Crippen molar-refractivity contribution in [3.8, 4) is 0 Å². The van der Waals surface area contributed by atoms with Gasteiger partial charge in [0.1, 0.15) is 17.8 Å². The molecule has 1 atom stereocenters. The highest BCUT2D eigenvalue weighted by atomic mass is 32.2. The van der Waals surface area contributed by atoms with Crippen LogP contribution < -0.4 is 10.2 Å². The molecule has 12 heteroatoms. The number of hydrogen-bond donors (Lipinski definition) is 1. The van der Waals surface area contributed by atoms with Crippen LogP contribution in [0.3, 0.4) is 0 Å². The fourth-order valence-corrected chi connectivity index (χ4v) is 6.99. The average Bonchev–Trinajstić information content (AvgIpc) is 3.00. The standard InChI is InChI=1S/C29H43N7O4S/c1-22-27(31-21-32-28(22)30-19-26-20-36(17-18-40-26)24-7-5-4-6-8-24)29(37)35-15-11-25(12-16-35)34-13-9-23(10-14-34)33(2)41(3,38)39/h4-8,21,23,25-26H,9-20H2,1-3H3,(H,30,31,32). The van der Waals surface area contributed by atoms with Crippen LogP contribution in [-0.4, -0.2) is 122 Å². The molecule has 1 N–H and O–H groups in total. The fraction of sp³-hybridized carbons (Fsp3) is 0.621. The van der Waals surface area contributed by atoms with E-state index in [4.69, 9.17) is 4.74 Å². The van der Waals surface area contributed by atoms with Crippen LogP contribution in [0.4, 0.5) is 11.5 Å². The number of ether oxygens (including phenoxy) is 1. The number of piperidine rings is 2. The van der Waals surface area contributed by atoms with Gasteiger partial charge in [-0.15, -0.1) is 0 Å². The van der Waals surface area contributed by atoms with E-state index in [9.17, 15) is 13.2 Å². The number of anilines is 2. The topological polar surface area (TPSA) is 111 Å². The van der Waals surface area contributed by atoms with Crippen molar-refractivity contribution < 1.29 is 17.9 Å². The normalized spacial score (nSPS) is 21.8. The zero-order chi connectivity index (χ0) is 29.0. The third kappa shape index (κ3) is 7.17. The van der Waals surface area contributed by atoms with Crippen molar-refractivity contribution >= 4 is 27.4 Å². The molecule has 0 spiro atoms. The van der Waals surface area contributed by atoms with Crippen LogP contribution in [-0.2, 0) is 14.8 Å². The second-order valence-corrected chi connectivity index (χ2v) is 13.5. The molecule has 5 rings (SSSR count). The van der Waals surface area contributed by atoms with Gasteiger partial charge in [0.15, 0.2) is 0 Å². The molecule has 3 aliphatic heterocycles. The van der Waals surface area contributed by atoms with Crippen LogP contribution in [0.2, 0.25) is 0 Å². The van der Waals surface area contributed by atoms with Crippen LogP contribution in [0, 0.1) is 6.92 Å². The first-order chi connectivity index (χ1) is 19.7. The molecule has 0 bridgehead atoms. The molecular formula is C29H43N7O4S. The Hall–Kier alpha value is -2.80. The molecule has 0 aliphatic carbocycles. The molecule has 2 aromatic rings. The number of sulfonamides is 1. The molecule has 0 radical (unpaired) electrons. The van der Waals surface area contributed by atoms with Gasteiger partial charge in [-0.1, -0.05) is 18.2 Å². The first kappa shape index (κ1) is 29.7. The van der Waals surface area contributed by atoms with Crippen LogP contribution in [0.1, 0.15) is 41.7 Å². The van der Waals surface area contributed by atoms with Crippen LogP contribution >= 0.6 is 0 Å². The number of benzene rings is 1. The SMILES string of the molecule is Cc1c(NCC2CN(c3ccccc3)CCO2)ncnc1C(=O)N1CCC(N2CCC(N(C)S(C)(=O)=O)CC2)CC1. The number of likely N-dealkylation sites (tertiary alicyclic amines) is 2. The van der Waals surface area contributed by atoms with Crippen LogP contribution in [0.25, 0.3) is 0 Å². The number of aromatic nitrogens is 2. The smallest absolute Gasteiger partial charge is 0.272 e.